The van der Waals surface area contributed by atoms with Gasteiger partial charge in [0, 0.05) is 95.2 Å². The molecule has 0 aliphatic carbocycles. The third-order valence-electron chi connectivity index (χ3n) is 12.5. The van der Waals surface area contributed by atoms with E-state index in [1.165, 1.54) is 4.90 Å². The quantitative estimate of drug-likeness (QED) is 0.0170. The van der Waals surface area contributed by atoms with E-state index in [2.05, 4.69) is 57.3 Å². The SMILES string of the molecule is CCCCN1C(=O)CC(SCC(N)C(=O)CCOCOC2(OCCOCCC)OCCOCCNC(=O)C(CS)NC(=O)CCC(=O)NOCCOC(OCCOCCC)(OCCOCCC)OCOCCNC(=O)CCC(=O)NC(CS)C(=O)NCOCCO2)C1=O. The maximum absolute atomic E-state index is 13.1. The molecule has 0 saturated carbocycles. The van der Waals surface area contributed by atoms with Crippen molar-refractivity contribution >= 4 is 90.1 Å². The van der Waals surface area contributed by atoms with Gasteiger partial charge in [-0.3, -0.25) is 62.4 Å². The molecule has 0 radical (unpaired) electrons. The van der Waals surface area contributed by atoms with Crippen molar-refractivity contribution in [1.82, 2.24) is 37.0 Å². The predicted octanol–water partition coefficient (Wildman–Crippen LogP) is -0.693. The zero-order valence-corrected chi connectivity index (χ0v) is 56.8. The van der Waals surface area contributed by atoms with E-state index in [-0.39, 0.29) is 192 Å². The van der Waals surface area contributed by atoms with Crippen LogP contribution in [0.15, 0.2) is 0 Å². The van der Waals surface area contributed by atoms with Crippen molar-refractivity contribution in [3.8, 4) is 0 Å². The first kappa shape index (κ1) is 85.1. The Labute approximate surface area is 559 Å². The number of rotatable bonds is 33. The summed E-state index contributed by atoms with van der Waals surface area (Å²) >= 11 is 9.60. The van der Waals surface area contributed by atoms with Crippen LogP contribution in [0.25, 0.3) is 0 Å². The molecular weight excluding hydrogens is 1290 g/mol. The summed E-state index contributed by atoms with van der Waals surface area (Å²) in [6, 6.07) is -3.13. The Bertz CT molecular complexity index is 2110. The minimum Gasteiger partial charge on any atom is -0.379 e. The summed E-state index contributed by atoms with van der Waals surface area (Å²) in [5.74, 6) is -4.55. The second-order valence-electron chi connectivity index (χ2n) is 20.2. The van der Waals surface area contributed by atoms with Gasteiger partial charge >= 0.3 is 12.3 Å². The topological polar surface area (TPSA) is 403 Å². The van der Waals surface area contributed by atoms with Gasteiger partial charge in [0.05, 0.1) is 110 Å². The average Bonchev–Trinajstić information content (AvgIpc) is 2.07. The number of Topliss-reactive ketones (excluding diaryl/α,β-unsaturated/α-hetero) is 1. The lowest BCUT2D eigenvalue weighted by Gasteiger charge is -2.32. The van der Waals surface area contributed by atoms with Crippen molar-refractivity contribution in [2.45, 2.75) is 134 Å². The Morgan fingerprint density at radius 2 is 1.11 bits per heavy atom. The van der Waals surface area contributed by atoms with Crippen LogP contribution in [-0.4, -0.2) is 270 Å². The van der Waals surface area contributed by atoms with Crippen molar-refractivity contribution in [2.75, 3.05) is 176 Å². The Morgan fingerprint density at radius 3 is 1.69 bits per heavy atom. The molecule has 36 heteroatoms. The Balaban J connectivity index is 2.18. The number of hydrogen-bond acceptors (Lipinski definition) is 29. The van der Waals surface area contributed by atoms with E-state index >= 15 is 0 Å². The number of carbonyl (C=O) groups excluding carboxylic acids is 9. The van der Waals surface area contributed by atoms with Gasteiger partial charge in [0.1, 0.15) is 18.8 Å². The summed E-state index contributed by atoms with van der Waals surface area (Å²) in [6.45, 7) is 6.75. The summed E-state index contributed by atoms with van der Waals surface area (Å²) in [5, 5.41) is 12.3. The van der Waals surface area contributed by atoms with Crippen molar-refractivity contribution in [1.29, 1.82) is 0 Å². The van der Waals surface area contributed by atoms with Gasteiger partial charge in [-0.15, -0.1) is 11.8 Å². The van der Waals surface area contributed by atoms with Crippen LogP contribution < -0.4 is 37.8 Å². The van der Waals surface area contributed by atoms with E-state index in [9.17, 15) is 43.2 Å². The molecule has 2 aliphatic heterocycles. The van der Waals surface area contributed by atoms with E-state index < -0.39 is 84.7 Å². The summed E-state index contributed by atoms with van der Waals surface area (Å²) in [6.07, 6.45) is -1.90. The monoisotopic (exact) mass is 1390 g/mol. The molecule has 2 saturated heterocycles. The van der Waals surface area contributed by atoms with Crippen LogP contribution in [-0.2, 0) is 119 Å². The highest BCUT2D eigenvalue weighted by Crippen LogP contribution is 2.26. The first-order valence-electron chi connectivity index (χ1n) is 31.4. The number of ether oxygens (including phenoxy) is 15. The highest BCUT2D eigenvalue weighted by Gasteiger charge is 2.40. The number of nitrogens with two attached hydrogens (primary N) is 1. The van der Waals surface area contributed by atoms with Crippen LogP contribution in [0, 0.1) is 0 Å². The van der Waals surface area contributed by atoms with E-state index in [4.69, 9.17) is 81.6 Å². The number of imide groups is 1. The van der Waals surface area contributed by atoms with Crippen molar-refractivity contribution in [3.63, 3.8) is 0 Å². The first-order valence-corrected chi connectivity index (χ1v) is 33.8. The number of ketones is 1. The number of likely N-dealkylation sites (tertiary alicyclic amines) is 1. The van der Waals surface area contributed by atoms with Gasteiger partial charge in [-0.1, -0.05) is 34.1 Å². The summed E-state index contributed by atoms with van der Waals surface area (Å²) in [7, 11) is 0. The molecule has 0 aromatic rings. The summed E-state index contributed by atoms with van der Waals surface area (Å²) in [4.78, 5) is 122. The molecule has 2 rings (SSSR count). The van der Waals surface area contributed by atoms with Crippen LogP contribution >= 0.6 is 37.0 Å². The first-order chi connectivity index (χ1) is 45.0. The second-order valence-corrected chi connectivity index (χ2v) is 22.1. The predicted molar refractivity (Wildman–Crippen MR) is 338 cm³/mol. The largest absolute Gasteiger partial charge is 0.414 e. The maximum Gasteiger partial charge on any atom is 0.414 e. The summed E-state index contributed by atoms with van der Waals surface area (Å²) in [5.41, 5.74) is 8.41. The molecule has 0 aromatic heterocycles. The van der Waals surface area contributed by atoms with Gasteiger partial charge in [0.15, 0.2) is 19.4 Å². The average molecular weight is 1400 g/mol. The number of thiol groups is 2. The normalized spacial score (nSPS) is 22.6. The number of nitrogens with zero attached hydrogens (tertiary/aromatic N) is 1. The Hall–Kier alpha value is -4.00. The molecule has 2 aliphatic rings. The number of thioether (sulfide) groups is 1. The van der Waals surface area contributed by atoms with E-state index in [1.807, 2.05) is 27.7 Å². The summed E-state index contributed by atoms with van der Waals surface area (Å²) < 4.78 is 86.5. The molecule has 5 unspecified atom stereocenters. The molecule has 0 bridgehead atoms. The molecule has 538 valence electrons. The molecule has 0 spiro atoms. The lowest BCUT2D eigenvalue weighted by molar-refractivity contribution is -0.511. The molecule has 0 aromatic carbocycles. The third kappa shape index (κ3) is 39.7. The number of nitrogens with one attached hydrogen (secondary N) is 6. The van der Waals surface area contributed by atoms with E-state index in [1.54, 1.807) is 0 Å². The Kier molecular flexibility index (Phi) is 49.5. The smallest absolute Gasteiger partial charge is 0.379 e. The van der Waals surface area contributed by atoms with Crippen LogP contribution in [0.4, 0.5) is 0 Å². The van der Waals surface area contributed by atoms with Crippen molar-refractivity contribution in [2.24, 2.45) is 5.73 Å². The number of carbonyl (C=O) groups is 9. The zero-order chi connectivity index (χ0) is 68.2. The van der Waals surface area contributed by atoms with Gasteiger partial charge in [-0.2, -0.15) is 25.3 Å². The minimum atomic E-state index is -2.30. The van der Waals surface area contributed by atoms with Crippen LogP contribution in [0.1, 0.15) is 98.3 Å². The molecule has 2 fully saturated rings. The van der Waals surface area contributed by atoms with E-state index in [0.717, 1.165) is 37.4 Å². The van der Waals surface area contributed by atoms with Crippen LogP contribution in [0.2, 0.25) is 0 Å². The Morgan fingerprint density at radius 1 is 0.581 bits per heavy atom. The highest BCUT2D eigenvalue weighted by atomic mass is 32.2. The van der Waals surface area contributed by atoms with Gasteiger partial charge in [-0.25, -0.2) is 5.48 Å². The molecule has 8 amide bonds. The van der Waals surface area contributed by atoms with Gasteiger partial charge in [0.25, 0.3) is 0 Å². The molecule has 93 heavy (non-hydrogen) atoms. The zero-order valence-electron chi connectivity index (χ0n) is 54.2. The van der Waals surface area contributed by atoms with E-state index in [0.29, 0.717) is 32.8 Å². The molecular formula is C57H102N8O25S3. The number of hydrogen-bond donors (Lipinski definition) is 9. The number of amides is 8. The van der Waals surface area contributed by atoms with Crippen molar-refractivity contribution < 1.29 is 119 Å². The number of unbranched alkanes of at least 4 members (excludes halogenated alkanes) is 1. The fraction of sp³-hybridized carbons (Fsp3) is 0.842. The molecule has 5 atom stereocenters. The van der Waals surface area contributed by atoms with Gasteiger partial charge < -0.3 is 93.9 Å². The van der Waals surface area contributed by atoms with Crippen LogP contribution in [0.5, 0.6) is 0 Å². The van der Waals surface area contributed by atoms with Crippen LogP contribution in [0.3, 0.4) is 0 Å². The fourth-order valence-electron chi connectivity index (χ4n) is 7.62. The second kappa shape index (κ2) is 54.1. The maximum atomic E-state index is 13.1. The lowest BCUT2D eigenvalue weighted by Crippen LogP contribution is -2.49. The lowest BCUT2D eigenvalue weighted by atomic mass is 10.2. The van der Waals surface area contributed by atoms with Gasteiger partial charge in [0.2, 0.25) is 47.3 Å². The molecule has 2 heterocycles. The molecule has 8 N–H and O–H groups in total. The highest BCUT2D eigenvalue weighted by molar-refractivity contribution is 8.00. The fourth-order valence-corrected chi connectivity index (χ4v) is 9.29. The standard InChI is InChI=1S/C57H102N8O25S3/c1-5-9-17-65-52(71)36-47(55(65)74)93-39-43(58)46(66)14-21-80-41-88-56(82-29-24-75-18-6-2)85-32-27-78-22-16-60-53(72)44(37-91)62-50(69)12-13-51(70)64-90-35-34-87-57(83-30-25-76-19-7-3,84-31-26-77-20-8-4)89-42-81-23-15-59-48(67)10-11-49(68)63-45(38-92)54(73)61-40-79-28-33-86-56/h43-45,47,91-92H,5-42,58H2,1-4H3,(H,59,67)(H,60,72)(H,61,73)(H,62,69)(H,63,68)(H,64,70). The van der Waals surface area contributed by atoms with Gasteiger partial charge in [-0.05, 0) is 25.7 Å². The number of hydroxylamine groups is 1. The third-order valence-corrected chi connectivity index (χ3v) is 14.5. The van der Waals surface area contributed by atoms with Crippen molar-refractivity contribution in [3.05, 3.63) is 0 Å². The molecule has 33 nitrogen and oxygen atoms in total. The minimum absolute atomic E-state index is 0.00509.